The number of hydrogen-bond donors (Lipinski definition) is 2. The maximum absolute atomic E-state index is 13.4. The number of halogens is 3. The number of fused-ring (bicyclic) bond motifs is 1. The van der Waals surface area contributed by atoms with Gasteiger partial charge in [0.05, 0.1) is 4.92 Å². The van der Waals surface area contributed by atoms with E-state index in [1.807, 2.05) is 0 Å². The van der Waals surface area contributed by atoms with Gasteiger partial charge in [-0.05, 0) is 40.5 Å². The van der Waals surface area contributed by atoms with Crippen LogP contribution in [0.15, 0.2) is 18.2 Å². The highest BCUT2D eigenvalue weighted by atomic mass is 79.9. The molecule has 0 bridgehead atoms. The molecule has 0 atom stereocenters. The second-order valence-electron chi connectivity index (χ2n) is 4.00. The van der Waals surface area contributed by atoms with Crippen molar-refractivity contribution >= 4 is 32.5 Å². The number of nitro benzene ring substituents is 1. The summed E-state index contributed by atoms with van der Waals surface area (Å²) in [6.07, 6.45) is 0.206. The summed E-state index contributed by atoms with van der Waals surface area (Å²) in [6.45, 7) is 0.172. The first-order valence-corrected chi connectivity index (χ1v) is 6.20. The third-order valence-electron chi connectivity index (χ3n) is 2.78. The Morgan fingerprint density at radius 1 is 1.47 bits per heavy atom. The molecular formula is C11H10BrF2N3O2. The number of hydrogen-bond acceptors (Lipinski definition) is 3. The van der Waals surface area contributed by atoms with Gasteiger partial charge in [0.25, 0.3) is 5.69 Å². The summed E-state index contributed by atoms with van der Waals surface area (Å²) in [5.74, 6) is 0. The van der Waals surface area contributed by atoms with E-state index in [2.05, 4.69) is 20.9 Å². The van der Waals surface area contributed by atoms with Crippen LogP contribution in [0, 0.1) is 10.1 Å². The van der Waals surface area contributed by atoms with E-state index in [4.69, 9.17) is 5.73 Å². The minimum atomic E-state index is -3.23. The van der Waals surface area contributed by atoms with Crippen LogP contribution in [0.3, 0.4) is 0 Å². The standard InChI is InChI=1S/C11H10BrF2N3O2/c12-11(13,14)10-7(3-4-15)8-5-6(17(18)19)1-2-9(8)16-10/h1-2,5,16H,3-4,15H2. The Hall–Kier alpha value is -1.54. The van der Waals surface area contributed by atoms with E-state index in [0.717, 1.165) is 0 Å². The molecule has 0 amide bonds. The lowest BCUT2D eigenvalue weighted by atomic mass is 10.1. The zero-order valence-electron chi connectivity index (χ0n) is 9.62. The summed E-state index contributed by atoms with van der Waals surface area (Å²) in [5.41, 5.74) is 5.67. The van der Waals surface area contributed by atoms with Gasteiger partial charge >= 0.3 is 4.83 Å². The molecule has 2 aromatic rings. The molecule has 1 aromatic heterocycles. The van der Waals surface area contributed by atoms with Gasteiger partial charge in [0.1, 0.15) is 5.69 Å². The van der Waals surface area contributed by atoms with Crippen LogP contribution in [0.25, 0.3) is 10.9 Å². The molecule has 2 rings (SSSR count). The molecule has 102 valence electrons. The first kappa shape index (κ1) is 13.9. The van der Waals surface area contributed by atoms with E-state index in [0.29, 0.717) is 16.5 Å². The summed E-state index contributed by atoms with van der Waals surface area (Å²) in [7, 11) is 0. The van der Waals surface area contributed by atoms with Crippen molar-refractivity contribution in [3.63, 3.8) is 0 Å². The summed E-state index contributed by atoms with van der Waals surface area (Å²) >= 11 is 2.29. The van der Waals surface area contributed by atoms with E-state index in [-0.39, 0.29) is 24.3 Å². The highest BCUT2D eigenvalue weighted by Crippen LogP contribution is 2.39. The van der Waals surface area contributed by atoms with Crippen molar-refractivity contribution < 1.29 is 13.7 Å². The van der Waals surface area contributed by atoms with Gasteiger partial charge in [0.15, 0.2) is 0 Å². The SMILES string of the molecule is NCCc1c(C(F)(F)Br)[nH]c2ccc([N+](=O)[O-])cc12. The lowest BCUT2D eigenvalue weighted by molar-refractivity contribution is -0.384. The number of aromatic nitrogens is 1. The highest BCUT2D eigenvalue weighted by Gasteiger charge is 2.33. The normalized spacial score (nSPS) is 12.0. The minimum absolute atomic E-state index is 0.144. The van der Waals surface area contributed by atoms with Gasteiger partial charge in [-0.1, -0.05) is 0 Å². The summed E-state index contributed by atoms with van der Waals surface area (Å²) in [4.78, 5) is 9.52. The summed E-state index contributed by atoms with van der Waals surface area (Å²) in [5, 5.41) is 11.1. The molecule has 0 radical (unpaired) electrons. The van der Waals surface area contributed by atoms with Crippen molar-refractivity contribution in [1.29, 1.82) is 0 Å². The Morgan fingerprint density at radius 3 is 2.68 bits per heavy atom. The number of nitro groups is 1. The smallest absolute Gasteiger partial charge is 0.341 e. The number of H-pyrrole nitrogens is 1. The first-order valence-electron chi connectivity index (χ1n) is 5.41. The fourth-order valence-electron chi connectivity index (χ4n) is 2.00. The van der Waals surface area contributed by atoms with E-state index < -0.39 is 9.76 Å². The van der Waals surface area contributed by atoms with Crippen molar-refractivity contribution in [2.24, 2.45) is 5.73 Å². The van der Waals surface area contributed by atoms with Gasteiger partial charge < -0.3 is 10.7 Å². The van der Waals surface area contributed by atoms with Crippen molar-refractivity contribution in [3.05, 3.63) is 39.6 Å². The van der Waals surface area contributed by atoms with Gasteiger partial charge in [-0.2, -0.15) is 8.78 Å². The zero-order chi connectivity index (χ0) is 14.2. The Balaban J connectivity index is 2.71. The topological polar surface area (TPSA) is 85.0 Å². The van der Waals surface area contributed by atoms with Crippen molar-refractivity contribution in [1.82, 2.24) is 4.98 Å². The average molecular weight is 334 g/mol. The van der Waals surface area contributed by atoms with Crippen LogP contribution in [0.4, 0.5) is 14.5 Å². The number of non-ortho nitro benzene ring substituents is 1. The number of alkyl halides is 3. The van der Waals surface area contributed by atoms with Crippen LogP contribution < -0.4 is 5.73 Å². The van der Waals surface area contributed by atoms with Crippen LogP contribution in [-0.4, -0.2) is 16.5 Å². The second kappa shape index (κ2) is 4.86. The molecule has 3 N–H and O–H groups in total. The lowest BCUT2D eigenvalue weighted by Crippen LogP contribution is -2.10. The third kappa shape index (κ3) is 2.59. The lowest BCUT2D eigenvalue weighted by Gasteiger charge is -2.09. The number of nitrogens with one attached hydrogen (secondary N) is 1. The van der Waals surface area contributed by atoms with Crippen LogP contribution in [0.5, 0.6) is 0 Å². The van der Waals surface area contributed by atoms with Gasteiger partial charge in [-0.3, -0.25) is 10.1 Å². The molecule has 8 heteroatoms. The number of nitrogens with zero attached hydrogens (tertiary/aromatic N) is 1. The van der Waals surface area contributed by atoms with Gasteiger partial charge in [-0.15, -0.1) is 0 Å². The van der Waals surface area contributed by atoms with Crippen molar-refractivity contribution in [3.8, 4) is 0 Å². The second-order valence-corrected chi connectivity index (χ2v) is 5.00. The molecule has 0 saturated carbocycles. The fraction of sp³-hybridized carbons (Fsp3) is 0.273. The summed E-state index contributed by atoms with van der Waals surface area (Å²) < 4.78 is 26.9. The molecule has 0 fully saturated rings. The average Bonchev–Trinajstić information content (AvgIpc) is 2.68. The van der Waals surface area contributed by atoms with Crippen LogP contribution in [0.1, 0.15) is 11.3 Å². The summed E-state index contributed by atoms with van der Waals surface area (Å²) in [6, 6.07) is 3.95. The molecule has 0 aliphatic carbocycles. The Kier molecular flexibility index (Phi) is 3.55. The first-order chi connectivity index (χ1) is 8.84. The van der Waals surface area contributed by atoms with Crippen molar-refractivity contribution in [2.45, 2.75) is 11.3 Å². The molecule has 0 spiro atoms. The monoisotopic (exact) mass is 333 g/mol. The fourth-order valence-corrected chi connectivity index (χ4v) is 2.33. The molecule has 0 aliphatic rings. The molecule has 19 heavy (non-hydrogen) atoms. The van der Waals surface area contributed by atoms with E-state index in [1.165, 1.54) is 18.2 Å². The molecule has 1 aromatic carbocycles. The Morgan fingerprint density at radius 2 is 2.16 bits per heavy atom. The number of aromatic amines is 1. The van der Waals surface area contributed by atoms with Crippen LogP contribution >= 0.6 is 15.9 Å². The van der Waals surface area contributed by atoms with Crippen LogP contribution in [-0.2, 0) is 11.3 Å². The molecule has 5 nitrogen and oxygen atoms in total. The van der Waals surface area contributed by atoms with Crippen molar-refractivity contribution in [2.75, 3.05) is 6.54 Å². The molecule has 0 saturated heterocycles. The highest BCUT2D eigenvalue weighted by molar-refractivity contribution is 9.09. The molecule has 1 heterocycles. The van der Waals surface area contributed by atoms with Gasteiger partial charge in [-0.25, -0.2) is 0 Å². The molecule has 0 aliphatic heterocycles. The number of rotatable bonds is 4. The Bertz CT molecular complexity index is 637. The molecule has 0 unspecified atom stereocenters. The van der Waals surface area contributed by atoms with Gasteiger partial charge in [0, 0.05) is 23.0 Å². The van der Waals surface area contributed by atoms with Crippen LogP contribution in [0.2, 0.25) is 0 Å². The maximum atomic E-state index is 13.4. The number of benzene rings is 1. The van der Waals surface area contributed by atoms with Gasteiger partial charge in [0.2, 0.25) is 0 Å². The third-order valence-corrected chi connectivity index (χ3v) is 3.17. The van der Waals surface area contributed by atoms with E-state index in [1.54, 1.807) is 0 Å². The number of nitrogens with two attached hydrogens (primary N) is 1. The minimum Gasteiger partial charge on any atom is -0.352 e. The van der Waals surface area contributed by atoms with E-state index >= 15 is 0 Å². The zero-order valence-corrected chi connectivity index (χ0v) is 11.2. The quantitative estimate of drug-likeness (QED) is 0.512. The molecular weight excluding hydrogens is 324 g/mol. The largest absolute Gasteiger partial charge is 0.352 e. The Labute approximate surface area is 115 Å². The predicted molar refractivity (Wildman–Crippen MR) is 70.5 cm³/mol. The van der Waals surface area contributed by atoms with E-state index in [9.17, 15) is 18.9 Å². The predicted octanol–water partition coefficient (Wildman–Crippen LogP) is 3.02. The maximum Gasteiger partial charge on any atom is 0.341 e.